The Morgan fingerprint density at radius 2 is 1.76 bits per heavy atom. The van der Waals surface area contributed by atoms with E-state index in [2.05, 4.69) is 5.10 Å². The summed E-state index contributed by atoms with van der Waals surface area (Å²) in [6, 6.07) is 4.86. The highest BCUT2D eigenvalue weighted by atomic mass is 32.2. The first kappa shape index (κ1) is 21.6. The minimum absolute atomic E-state index is 0.0398. The number of benzene rings is 1. The molecule has 0 bridgehead atoms. The first-order valence-electron chi connectivity index (χ1n) is 8.44. The molecule has 0 amide bonds. The van der Waals surface area contributed by atoms with E-state index in [4.69, 9.17) is 5.11 Å². The summed E-state index contributed by atoms with van der Waals surface area (Å²) < 4.78 is 100. The number of alkyl halides is 6. The zero-order valence-corrected chi connectivity index (χ0v) is 15.6. The van der Waals surface area contributed by atoms with E-state index in [-0.39, 0.29) is 24.9 Å². The third-order valence-corrected chi connectivity index (χ3v) is 6.33. The van der Waals surface area contributed by atoms with Gasteiger partial charge in [-0.25, -0.2) is 8.42 Å². The molecule has 1 heterocycles. The second-order valence-corrected chi connectivity index (χ2v) is 8.99. The lowest BCUT2D eigenvalue weighted by Crippen LogP contribution is -2.30. The van der Waals surface area contributed by atoms with Crippen LogP contribution in [0.1, 0.15) is 27.9 Å². The molecule has 0 radical (unpaired) electrons. The number of hydrogen-bond donors (Lipinski definition) is 1. The first-order chi connectivity index (χ1) is 13.3. The van der Waals surface area contributed by atoms with Gasteiger partial charge in [-0.1, -0.05) is 18.2 Å². The van der Waals surface area contributed by atoms with E-state index in [0.29, 0.717) is 16.7 Å². The molecule has 1 atom stereocenters. The van der Waals surface area contributed by atoms with Crippen LogP contribution in [0.2, 0.25) is 0 Å². The molecule has 0 unspecified atom stereocenters. The number of nitrogens with zero attached hydrogens (tertiary/aromatic N) is 2. The van der Waals surface area contributed by atoms with E-state index in [1.807, 2.05) is 0 Å². The number of hydrogen-bond acceptors (Lipinski definition) is 4. The van der Waals surface area contributed by atoms with Crippen molar-refractivity contribution in [2.75, 3.05) is 5.75 Å². The largest absolute Gasteiger partial charge is 0.497 e. The fraction of sp³-hybridized carbons (Fsp3) is 0.471. The van der Waals surface area contributed by atoms with Crippen molar-refractivity contribution in [3.8, 4) is 0 Å². The van der Waals surface area contributed by atoms with E-state index in [1.54, 1.807) is 18.2 Å². The topological polar surface area (TPSA) is 72.2 Å². The van der Waals surface area contributed by atoms with Crippen molar-refractivity contribution in [2.24, 2.45) is 5.92 Å². The van der Waals surface area contributed by atoms with Gasteiger partial charge in [0.1, 0.15) is 0 Å². The summed E-state index contributed by atoms with van der Waals surface area (Å²) in [5.41, 5.74) is -4.91. The van der Waals surface area contributed by atoms with Crippen LogP contribution in [0.3, 0.4) is 0 Å². The molecule has 1 N–H and O–H groups in total. The number of fused-ring (bicyclic) bond motifs is 1. The number of sulfone groups is 1. The van der Waals surface area contributed by atoms with Crippen LogP contribution in [0.5, 0.6) is 0 Å². The molecular weight excluding hydrogens is 426 g/mol. The van der Waals surface area contributed by atoms with Crippen molar-refractivity contribution in [1.29, 1.82) is 0 Å². The molecule has 160 valence electrons. The Morgan fingerprint density at radius 3 is 2.31 bits per heavy atom. The summed E-state index contributed by atoms with van der Waals surface area (Å²) in [5, 5.41) is 12.5. The Hall–Kier alpha value is -2.08. The van der Waals surface area contributed by atoms with Gasteiger partial charge >= 0.3 is 11.7 Å². The van der Waals surface area contributed by atoms with Crippen LogP contribution in [0.25, 0.3) is 0 Å². The number of rotatable bonds is 5. The van der Waals surface area contributed by atoms with Crippen molar-refractivity contribution in [2.45, 2.75) is 37.7 Å². The Balaban J connectivity index is 1.75. The molecule has 1 aliphatic carbocycles. The molecule has 0 saturated carbocycles. The van der Waals surface area contributed by atoms with Crippen LogP contribution in [-0.2, 0) is 42.0 Å². The van der Waals surface area contributed by atoms with Gasteiger partial charge in [0.05, 0.1) is 18.9 Å². The van der Waals surface area contributed by atoms with Crippen LogP contribution in [0.4, 0.5) is 26.3 Å². The molecular formula is C17H16F6N2O3S. The van der Waals surface area contributed by atoms with Crippen molar-refractivity contribution in [1.82, 2.24) is 9.78 Å². The first-order valence-corrected chi connectivity index (χ1v) is 10.1. The monoisotopic (exact) mass is 442 g/mol. The number of halogens is 6. The highest BCUT2D eigenvalue weighted by molar-refractivity contribution is 7.92. The zero-order chi connectivity index (χ0) is 21.6. The lowest BCUT2D eigenvalue weighted by atomic mass is 10.1. The summed E-state index contributed by atoms with van der Waals surface area (Å²) in [4.78, 5) is 0. The van der Waals surface area contributed by atoms with E-state index >= 15 is 0 Å². The predicted octanol–water partition coefficient (Wildman–Crippen LogP) is 3.09. The molecule has 1 aromatic heterocycles. The van der Waals surface area contributed by atoms with Gasteiger partial charge in [-0.05, 0) is 35.4 Å². The van der Waals surface area contributed by atoms with E-state index in [9.17, 15) is 34.8 Å². The van der Waals surface area contributed by atoms with Gasteiger partial charge in [0.15, 0.2) is 5.69 Å². The van der Waals surface area contributed by atoms with Crippen LogP contribution in [0.15, 0.2) is 24.4 Å². The maximum Gasteiger partial charge on any atom is 0.497 e. The molecule has 3 rings (SSSR count). The van der Waals surface area contributed by atoms with Crippen molar-refractivity contribution >= 4 is 9.84 Å². The van der Waals surface area contributed by atoms with Crippen molar-refractivity contribution < 1.29 is 39.9 Å². The quantitative estimate of drug-likeness (QED) is 0.723. The molecule has 29 heavy (non-hydrogen) atoms. The molecule has 5 nitrogen and oxygen atoms in total. The Bertz CT molecular complexity index is 1010. The van der Waals surface area contributed by atoms with Gasteiger partial charge < -0.3 is 5.11 Å². The van der Waals surface area contributed by atoms with Gasteiger partial charge in [-0.15, -0.1) is 0 Å². The Morgan fingerprint density at radius 1 is 1.10 bits per heavy atom. The Kier molecular flexibility index (Phi) is 5.45. The minimum atomic E-state index is -5.30. The van der Waals surface area contributed by atoms with E-state index < -0.39 is 45.5 Å². The number of aromatic nitrogens is 2. The van der Waals surface area contributed by atoms with E-state index in [0.717, 1.165) is 10.9 Å². The van der Waals surface area contributed by atoms with Gasteiger partial charge in [0, 0.05) is 11.8 Å². The summed E-state index contributed by atoms with van der Waals surface area (Å²) in [7, 11) is -5.22. The molecule has 12 heteroatoms. The van der Waals surface area contributed by atoms with Crippen LogP contribution < -0.4 is 0 Å². The molecule has 0 fully saturated rings. The van der Waals surface area contributed by atoms with E-state index in [1.165, 1.54) is 0 Å². The highest BCUT2D eigenvalue weighted by Crippen LogP contribution is 2.33. The third-order valence-electron chi connectivity index (χ3n) is 4.72. The standard InChI is InChI=1S/C17H16F6N2O3S/c18-16(19,20)15-14(8-26)7-25(24-15)6-10-1-2-12-4-11(5-13(12)3-10)9-29(27,28)17(21,22)23/h1-3,7,11,26H,4-6,8-9H2/t11-/m1/s1. The van der Waals surface area contributed by atoms with Gasteiger partial charge in [0.2, 0.25) is 9.84 Å². The number of aliphatic hydroxyl groups is 1. The summed E-state index contributed by atoms with van der Waals surface area (Å²) in [6.45, 7) is -0.865. The fourth-order valence-electron chi connectivity index (χ4n) is 3.47. The second-order valence-electron chi connectivity index (χ2n) is 6.96. The summed E-state index contributed by atoms with van der Waals surface area (Å²) in [5.74, 6) is -1.72. The van der Waals surface area contributed by atoms with Crippen molar-refractivity contribution in [3.63, 3.8) is 0 Å². The predicted molar refractivity (Wildman–Crippen MR) is 89.4 cm³/mol. The minimum Gasteiger partial charge on any atom is -0.392 e. The average molecular weight is 442 g/mol. The van der Waals surface area contributed by atoms with Gasteiger partial charge in [-0.2, -0.15) is 31.4 Å². The average Bonchev–Trinajstić information content (AvgIpc) is 3.15. The summed E-state index contributed by atoms with van der Waals surface area (Å²) >= 11 is 0. The van der Waals surface area contributed by atoms with Crippen LogP contribution in [-0.4, -0.2) is 34.6 Å². The van der Waals surface area contributed by atoms with Gasteiger partial charge in [0.25, 0.3) is 0 Å². The number of aliphatic hydroxyl groups excluding tert-OH is 1. The zero-order valence-electron chi connectivity index (χ0n) is 14.8. The lowest BCUT2D eigenvalue weighted by Gasteiger charge is -2.12. The van der Waals surface area contributed by atoms with Gasteiger partial charge in [-0.3, -0.25) is 4.68 Å². The molecule has 2 aromatic rings. The molecule has 0 saturated heterocycles. The Labute approximate surface area is 161 Å². The molecule has 0 aliphatic heterocycles. The maximum atomic E-state index is 12.9. The normalized spacial score (nSPS) is 17.6. The highest BCUT2D eigenvalue weighted by Gasteiger charge is 2.47. The van der Waals surface area contributed by atoms with Crippen LogP contribution in [0, 0.1) is 5.92 Å². The molecule has 1 aromatic carbocycles. The fourth-order valence-corrected chi connectivity index (χ4v) is 4.51. The third kappa shape index (κ3) is 4.58. The second kappa shape index (κ2) is 7.31. The lowest BCUT2D eigenvalue weighted by molar-refractivity contribution is -0.142. The van der Waals surface area contributed by atoms with Crippen molar-refractivity contribution in [3.05, 3.63) is 52.3 Å². The maximum absolute atomic E-state index is 12.9. The smallest absolute Gasteiger partial charge is 0.392 e. The van der Waals surface area contributed by atoms with Crippen LogP contribution >= 0.6 is 0 Å². The summed E-state index contributed by atoms with van der Waals surface area (Å²) in [6.07, 6.45) is -3.32. The SMILES string of the molecule is O=S(=O)(C[C@@H]1Cc2ccc(Cn3cc(CO)c(C(F)(F)F)n3)cc2C1)C(F)(F)F. The molecule has 1 aliphatic rings. The molecule has 0 spiro atoms.